The summed E-state index contributed by atoms with van der Waals surface area (Å²) < 4.78 is 5.25. The Labute approximate surface area is 176 Å². The predicted molar refractivity (Wildman–Crippen MR) is 125 cm³/mol. The van der Waals surface area contributed by atoms with Gasteiger partial charge in [-0.2, -0.15) is 0 Å². The molecule has 1 atom stereocenters. The van der Waals surface area contributed by atoms with Crippen LogP contribution in [-0.4, -0.2) is 29.7 Å². The van der Waals surface area contributed by atoms with Gasteiger partial charge >= 0.3 is 0 Å². The summed E-state index contributed by atoms with van der Waals surface area (Å²) in [5, 5.41) is 4.25. The number of anilines is 1. The standard InChI is InChI=1S/C24H34N2OS/c1-6-8-9-20-12-15-23(18(3)16-20)25-24(28)26(7-2)19(4)17-21-10-13-22(27-5)14-11-21/h10-16,19H,6-9,17H2,1-5H3,(H,25,28). The lowest BCUT2D eigenvalue weighted by molar-refractivity contribution is 0.347. The second kappa shape index (κ2) is 11.1. The van der Waals surface area contributed by atoms with Crippen molar-refractivity contribution >= 4 is 23.0 Å². The van der Waals surface area contributed by atoms with E-state index < -0.39 is 0 Å². The SMILES string of the molecule is CCCCc1ccc(NC(=S)N(CC)C(C)Cc2ccc(OC)cc2)c(C)c1. The third kappa shape index (κ3) is 6.23. The van der Waals surface area contributed by atoms with Crippen molar-refractivity contribution in [3.05, 3.63) is 59.2 Å². The van der Waals surface area contributed by atoms with Crippen molar-refractivity contribution < 1.29 is 4.74 Å². The molecule has 1 unspecified atom stereocenters. The van der Waals surface area contributed by atoms with Crippen LogP contribution in [0, 0.1) is 6.92 Å². The van der Waals surface area contributed by atoms with Crippen molar-refractivity contribution in [1.82, 2.24) is 4.90 Å². The van der Waals surface area contributed by atoms with E-state index >= 15 is 0 Å². The van der Waals surface area contributed by atoms with Gasteiger partial charge in [0.1, 0.15) is 5.75 Å². The number of hydrogen-bond acceptors (Lipinski definition) is 2. The molecule has 0 amide bonds. The van der Waals surface area contributed by atoms with Crippen LogP contribution in [0.4, 0.5) is 5.69 Å². The van der Waals surface area contributed by atoms with E-state index in [9.17, 15) is 0 Å². The maximum Gasteiger partial charge on any atom is 0.173 e. The van der Waals surface area contributed by atoms with Crippen molar-refractivity contribution in [2.24, 2.45) is 0 Å². The third-order valence-electron chi connectivity index (χ3n) is 5.18. The summed E-state index contributed by atoms with van der Waals surface area (Å²) >= 11 is 5.75. The minimum Gasteiger partial charge on any atom is -0.497 e. The summed E-state index contributed by atoms with van der Waals surface area (Å²) in [6.45, 7) is 9.63. The van der Waals surface area contributed by atoms with E-state index in [0.717, 1.165) is 35.9 Å². The fourth-order valence-electron chi connectivity index (χ4n) is 3.46. The maximum atomic E-state index is 5.75. The Morgan fingerprint density at radius 2 is 1.79 bits per heavy atom. The molecule has 0 aliphatic heterocycles. The Balaban J connectivity index is 2.01. The highest BCUT2D eigenvalue weighted by atomic mass is 32.1. The number of rotatable bonds is 9. The van der Waals surface area contributed by atoms with Gasteiger partial charge in [0.25, 0.3) is 0 Å². The van der Waals surface area contributed by atoms with Crippen LogP contribution in [0.5, 0.6) is 5.75 Å². The Morgan fingerprint density at radius 3 is 2.36 bits per heavy atom. The number of ether oxygens (including phenoxy) is 1. The van der Waals surface area contributed by atoms with E-state index in [1.165, 1.54) is 29.5 Å². The minimum atomic E-state index is 0.308. The zero-order valence-corrected chi connectivity index (χ0v) is 18.7. The molecule has 0 aliphatic carbocycles. The summed E-state index contributed by atoms with van der Waals surface area (Å²) in [4.78, 5) is 2.25. The van der Waals surface area contributed by atoms with Crippen molar-refractivity contribution in [3.8, 4) is 5.75 Å². The fraction of sp³-hybridized carbons (Fsp3) is 0.458. The zero-order chi connectivity index (χ0) is 20.5. The first-order valence-electron chi connectivity index (χ1n) is 10.3. The first-order chi connectivity index (χ1) is 13.5. The van der Waals surface area contributed by atoms with E-state index in [1.807, 2.05) is 12.1 Å². The second-order valence-electron chi connectivity index (χ2n) is 7.37. The molecule has 0 spiro atoms. The van der Waals surface area contributed by atoms with Crippen LogP contribution in [0.1, 0.15) is 50.3 Å². The molecule has 2 rings (SSSR count). The van der Waals surface area contributed by atoms with Crippen LogP contribution in [0.3, 0.4) is 0 Å². The van der Waals surface area contributed by atoms with Crippen LogP contribution < -0.4 is 10.1 Å². The highest BCUT2D eigenvalue weighted by Crippen LogP contribution is 2.20. The van der Waals surface area contributed by atoms with Gasteiger partial charge in [0.05, 0.1) is 7.11 Å². The van der Waals surface area contributed by atoms with Crippen LogP contribution in [0.2, 0.25) is 0 Å². The third-order valence-corrected chi connectivity index (χ3v) is 5.51. The number of unbranched alkanes of at least 4 members (excludes halogenated alkanes) is 1. The Bertz CT molecular complexity index is 758. The highest BCUT2D eigenvalue weighted by molar-refractivity contribution is 7.80. The molecule has 0 aromatic heterocycles. The number of thiocarbonyl (C=S) groups is 1. The topological polar surface area (TPSA) is 24.5 Å². The molecule has 0 fully saturated rings. The highest BCUT2D eigenvalue weighted by Gasteiger charge is 2.16. The lowest BCUT2D eigenvalue weighted by Crippen LogP contribution is -2.42. The monoisotopic (exact) mass is 398 g/mol. The predicted octanol–water partition coefficient (Wildman–Crippen LogP) is 6.00. The summed E-state index contributed by atoms with van der Waals surface area (Å²) in [7, 11) is 1.69. The van der Waals surface area contributed by atoms with Gasteiger partial charge in [-0.25, -0.2) is 0 Å². The lowest BCUT2D eigenvalue weighted by atomic mass is 10.0. The molecule has 3 nitrogen and oxygen atoms in total. The van der Waals surface area contributed by atoms with E-state index in [1.54, 1.807) is 7.11 Å². The molecule has 0 aliphatic rings. The first kappa shape index (κ1) is 22.2. The molecule has 0 radical (unpaired) electrons. The number of likely N-dealkylation sites (N-methyl/N-ethyl adjacent to an activating group) is 1. The minimum absolute atomic E-state index is 0.308. The number of methoxy groups -OCH3 is 1. The Kier molecular flexibility index (Phi) is 8.78. The van der Waals surface area contributed by atoms with E-state index in [0.29, 0.717) is 6.04 Å². The van der Waals surface area contributed by atoms with Crippen molar-refractivity contribution in [2.75, 3.05) is 19.0 Å². The van der Waals surface area contributed by atoms with Gasteiger partial charge in [0, 0.05) is 18.3 Å². The van der Waals surface area contributed by atoms with Crippen LogP contribution in [-0.2, 0) is 12.8 Å². The molecule has 4 heteroatoms. The van der Waals surface area contributed by atoms with Gasteiger partial charge in [0.15, 0.2) is 5.11 Å². The smallest absolute Gasteiger partial charge is 0.173 e. The normalized spacial score (nSPS) is 11.8. The first-order valence-corrected chi connectivity index (χ1v) is 10.7. The summed E-state index contributed by atoms with van der Waals surface area (Å²) in [5.41, 5.74) is 5.03. The summed E-state index contributed by atoms with van der Waals surface area (Å²) in [6.07, 6.45) is 4.54. The van der Waals surface area contributed by atoms with Crippen LogP contribution >= 0.6 is 12.2 Å². The molecule has 152 valence electrons. The molecule has 0 heterocycles. The van der Waals surface area contributed by atoms with Crippen LogP contribution in [0.25, 0.3) is 0 Å². The molecule has 2 aromatic carbocycles. The Morgan fingerprint density at radius 1 is 1.11 bits per heavy atom. The fourth-order valence-corrected chi connectivity index (χ4v) is 3.88. The zero-order valence-electron chi connectivity index (χ0n) is 17.9. The van der Waals surface area contributed by atoms with Crippen molar-refractivity contribution in [1.29, 1.82) is 0 Å². The average Bonchev–Trinajstić information content (AvgIpc) is 2.69. The van der Waals surface area contributed by atoms with Crippen LogP contribution in [0.15, 0.2) is 42.5 Å². The number of benzene rings is 2. The number of aryl methyl sites for hydroxylation is 2. The van der Waals surface area contributed by atoms with E-state index in [4.69, 9.17) is 17.0 Å². The van der Waals surface area contributed by atoms with E-state index in [-0.39, 0.29) is 0 Å². The molecule has 1 N–H and O–H groups in total. The summed E-state index contributed by atoms with van der Waals surface area (Å²) in [6, 6.07) is 15.2. The largest absolute Gasteiger partial charge is 0.497 e. The average molecular weight is 399 g/mol. The molecular formula is C24H34N2OS. The summed E-state index contributed by atoms with van der Waals surface area (Å²) in [5.74, 6) is 0.888. The molecule has 0 saturated heterocycles. The van der Waals surface area contributed by atoms with Gasteiger partial charge in [-0.15, -0.1) is 0 Å². The Hall–Kier alpha value is -2.07. The number of nitrogens with zero attached hydrogens (tertiary/aromatic N) is 1. The molecular weight excluding hydrogens is 364 g/mol. The van der Waals surface area contributed by atoms with Crippen molar-refractivity contribution in [3.63, 3.8) is 0 Å². The van der Waals surface area contributed by atoms with Gasteiger partial charge in [-0.1, -0.05) is 37.6 Å². The lowest BCUT2D eigenvalue weighted by Gasteiger charge is -2.31. The molecule has 0 bridgehead atoms. The quantitative estimate of drug-likeness (QED) is 0.524. The second-order valence-corrected chi connectivity index (χ2v) is 7.76. The van der Waals surface area contributed by atoms with Gasteiger partial charge in [-0.05, 0) is 87.1 Å². The van der Waals surface area contributed by atoms with Crippen molar-refractivity contribution in [2.45, 2.75) is 59.4 Å². The van der Waals surface area contributed by atoms with Gasteiger partial charge < -0.3 is 15.0 Å². The molecule has 2 aromatic rings. The molecule has 0 saturated carbocycles. The maximum absolute atomic E-state index is 5.75. The van der Waals surface area contributed by atoms with Gasteiger partial charge in [-0.3, -0.25) is 0 Å². The van der Waals surface area contributed by atoms with Gasteiger partial charge in [0.2, 0.25) is 0 Å². The molecule has 28 heavy (non-hydrogen) atoms. The van der Waals surface area contributed by atoms with E-state index in [2.05, 4.69) is 68.2 Å². The number of hydrogen-bond donors (Lipinski definition) is 1. The number of nitrogens with one attached hydrogen (secondary N) is 1.